The van der Waals surface area contributed by atoms with Gasteiger partial charge in [0.1, 0.15) is 0 Å². The van der Waals surface area contributed by atoms with Crippen LogP contribution in [0.25, 0.3) is 22.4 Å². The molecule has 2 aromatic heterocycles. The van der Waals surface area contributed by atoms with E-state index in [-0.39, 0.29) is 10.8 Å². The number of carbonyl (C=O) groups is 1. The van der Waals surface area contributed by atoms with E-state index in [2.05, 4.69) is 10.3 Å². The maximum Gasteiger partial charge on any atom is 0.256 e. The lowest BCUT2D eigenvalue weighted by molar-refractivity contribution is -0.110. The Morgan fingerprint density at radius 3 is 2.84 bits per heavy atom. The van der Waals surface area contributed by atoms with Crippen molar-refractivity contribution >= 4 is 44.6 Å². The lowest BCUT2D eigenvalue weighted by atomic mass is 10.1. The zero-order chi connectivity index (χ0) is 17.6. The number of hydrogen-bond donors (Lipinski definition) is 2. The molecule has 3 heterocycles. The fourth-order valence-corrected chi connectivity index (χ4v) is 3.86. The van der Waals surface area contributed by atoms with Gasteiger partial charge in [-0.3, -0.25) is 4.79 Å². The maximum atomic E-state index is 12.2. The molecule has 7 nitrogen and oxygen atoms in total. The lowest BCUT2D eigenvalue weighted by Crippen LogP contribution is -2.12. The number of nitrogens with zero attached hydrogens (tertiary/aromatic N) is 1. The third kappa shape index (κ3) is 2.88. The minimum absolute atomic E-state index is 0.0470. The summed E-state index contributed by atoms with van der Waals surface area (Å²) in [7, 11) is -3.85. The number of nitrogens with one attached hydrogen (secondary N) is 1. The molecule has 1 amide bonds. The highest BCUT2D eigenvalue weighted by Crippen LogP contribution is 2.36. The number of primary sulfonamides is 1. The van der Waals surface area contributed by atoms with Gasteiger partial charge in [-0.25, -0.2) is 18.5 Å². The molecular weight excluding hydrogens is 362 g/mol. The molecule has 0 radical (unpaired) electrons. The summed E-state index contributed by atoms with van der Waals surface area (Å²) in [6, 6.07) is 7.84. The molecule has 126 valence electrons. The molecular formula is C16H11N3O4S2. The predicted molar refractivity (Wildman–Crippen MR) is 94.1 cm³/mol. The second kappa shape index (κ2) is 5.66. The van der Waals surface area contributed by atoms with E-state index in [1.807, 2.05) is 0 Å². The van der Waals surface area contributed by atoms with Crippen molar-refractivity contribution in [3.05, 3.63) is 53.2 Å². The van der Waals surface area contributed by atoms with Gasteiger partial charge in [-0.15, -0.1) is 11.3 Å². The Morgan fingerprint density at radius 1 is 1.28 bits per heavy atom. The predicted octanol–water partition coefficient (Wildman–Crippen LogP) is 2.54. The first-order valence-electron chi connectivity index (χ1n) is 7.12. The fraction of sp³-hybridized carbons (Fsp3) is 0. The van der Waals surface area contributed by atoms with Crippen LogP contribution in [0.1, 0.15) is 10.4 Å². The smallest absolute Gasteiger partial charge is 0.256 e. The number of fused-ring (bicyclic) bond motifs is 1. The number of furan rings is 1. The normalized spacial score (nSPS) is 15.4. The Labute approximate surface area is 146 Å². The number of hydrogen-bond acceptors (Lipinski definition) is 6. The maximum absolute atomic E-state index is 12.2. The third-order valence-corrected chi connectivity index (χ3v) is 5.51. The Kier molecular flexibility index (Phi) is 3.57. The van der Waals surface area contributed by atoms with Crippen molar-refractivity contribution < 1.29 is 17.6 Å². The van der Waals surface area contributed by atoms with Crippen LogP contribution in [0.15, 0.2) is 52.1 Å². The standard InChI is InChI=1S/C16H11N3O4S2/c17-25(21,22)10-3-4-13-11(7-10)12(15(20)19-13)6-9-8-18-16(24-9)14-2-1-5-23-14/h1-8H,(H,19,20)(H2,17,21,22). The first-order valence-corrected chi connectivity index (χ1v) is 9.48. The van der Waals surface area contributed by atoms with Crippen LogP contribution in [0.2, 0.25) is 0 Å². The molecule has 1 aliphatic heterocycles. The summed E-state index contributed by atoms with van der Waals surface area (Å²) in [6.45, 7) is 0. The molecule has 0 atom stereocenters. The Morgan fingerprint density at radius 2 is 2.12 bits per heavy atom. The van der Waals surface area contributed by atoms with Gasteiger partial charge in [0.2, 0.25) is 10.0 Å². The Hall–Kier alpha value is -2.75. The average molecular weight is 373 g/mol. The van der Waals surface area contributed by atoms with E-state index in [4.69, 9.17) is 9.56 Å². The number of amides is 1. The zero-order valence-corrected chi connectivity index (χ0v) is 14.2. The van der Waals surface area contributed by atoms with E-state index in [0.717, 1.165) is 4.88 Å². The molecule has 1 aliphatic rings. The van der Waals surface area contributed by atoms with E-state index in [1.165, 1.54) is 29.5 Å². The summed E-state index contributed by atoms with van der Waals surface area (Å²) in [5.74, 6) is 0.331. The summed E-state index contributed by atoms with van der Waals surface area (Å²) < 4.78 is 28.4. The highest BCUT2D eigenvalue weighted by molar-refractivity contribution is 7.89. The van der Waals surface area contributed by atoms with Gasteiger partial charge in [0.15, 0.2) is 10.8 Å². The molecule has 9 heteroatoms. The molecule has 0 saturated carbocycles. The van der Waals surface area contributed by atoms with Gasteiger partial charge in [0, 0.05) is 22.3 Å². The van der Waals surface area contributed by atoms with Gasteiger partial charge in [-0.05, 0) is 36.4 Å². The first kappa shape index (κ1) is 15.8. The number of thiazole rings is 1. The molecule has 4 rings (SSSR count). The van der Waals surface area contributed by atoms with Crippen LogP contribution in [-0.2, 0) is 14.8 Å². The van der Waals surface area contributed by atoms with Crippen molar-refractivity contribution in [3.63, 3.8) is 0 Å². The lowest BCUT2D eigenvalue weighted by Gasteiger charge is -2.02. The number of sulfonamides is 1. The van der Waals surface area contributed by atoms with E-state index < -0.39 is 10.0 Å². The topological polar surface area (TPSA) is 115 Å². The Bertz CT molecular complexity index is 1110. The molecule has 25 heavy (non-hydrogen) atoms. The van der Waals surface area contributed by atoms with Crippen LogP contribution in [-0.4, -0.2) is 19.3 Å². The van der Waals surface area contributed by atoms with Gasteiger partial charge in [-0.1, -0.05) is 0 Å². The first-order chi connectivity index (χ1) is 11.9. The van der Waals surface area contributed by atoms with E-state index >= 15 is 0 Å². The van der Waals surface area contributed by atoms with Crippen molar-refractivity contribution in [3.8, 4) is 10.8 Å². The third-order valence-electron chi connectivity index (χ3n) is 3.64. The van der Waals surface area contributed by atoms with Crippen LogP contribution in [0, 0.1) is 0 Å². The van der Waals surface area contributed by atoms with Crippen LogP contribution >= 0.6 is 11.3 Å². The molecule has 0 unspecified atom stereocenters. The molecule has 0 spiro atoms. The van der Waals surface area contributed by atoms with Crippen molar-refractivity contribution in [2.24, 2.45) is 5.14 Å². The fourth-order valence-electron chi connectivity index (χ4n) is 2.50. The summed E-state index contributed by atoms with van der Waals surface area (Å²) in [6.07, 6.45) is 4.85. The molecule has 0 saturated heterocycles. The Balaban J connectivity index is 1.77. The highest BCUT2D eigenvalue weighted by Gasteiger charge is 2.26. The van der Waals surface area contributed by atoms with Crippen molar-refractivity contribution in [1.82, 2.24) is 4.98 Å². The molecule has 1 aromatic carbocycles. The van der Waals surface area contributed by atoms with E-state index in [1.54, 1.807) is 30.7 Å². The quantitative estimate of drug-likeness (QED) is 0.685. The molecule has 0 aliphatic carbocycles. The molecule has 0 fully saturated rings. The molecule has 3 N–H and O–H groups in total. The van der Waals surface area contributed by atoms with Crippen LogP contribution in [0.3, 0.4) is 0 Å². The zero-order valence-electron chi connectivity index (χ0n) is 12.6. The highest BCUT2D eigenvalue weighted by atomic mass is 32.2. The van der Waals surface area contributed by atoms with Crippen LogP contribution in [0.4, 0.5) is 5.69 Å². The van der Waals surface area contributed by atoms with E-state index in [9.17, 15) is 13.2 Å². The van der Waals surface area contributed by atoms with Gasteiger partial charge in [0.05, 0.1) is 16.7 Å². The largest absolute Gasteiger partial charge is 0.462 e. The number of nitrogens with two attached hydrogens (primary N) is 1. The molecule has 0 bridgehead atoms. The summed E-state index contributed by atoms with van der Waals surface area (Å²) in [4.78, 5) is 17.2. The second-order valence-corrected chi connectivity index (χ2v) is 7.93. The van der Waals surface area contributed by atoms with Crippen molar-refractivity contribution in [2.75, 3.05) is 5.32 Å². The monoisotopic (exact) mass is 373 g/mol. The summed E-state index contributed by atoms with van der Waals surface area (Å²) >= 11 is 1.36. The number of aromatic nitrogens is 1. The number of carbonyl (C=O) groups excluding carboxylic acids is 1. The van der Waals surface area contributed by atoms with Gasteiger partial charge in [0.25, 0.3) is 5.91 Å². The minimum Gasteiger partial charge on any atom is -0.462 e. The average Bonchev–Trinajstić information content (AvgIpc) is 3.27. The molecule has 3 aromatic rings. The summed E-state index contributed by atoms with van der Waals surface area (Å²) in [5.41, 5.74) is 1.39. The van der Waals surface area contributed by atoms with Crippen molar-refractivity contribution in [1.29, 1.82) is 0 Å². The van der Waals surface area contributed by atoms with Gasteiger partial charge >= 0.3 is 0 Å². The van der Waals surface area contributed by atoms with Gasteiger partial charge < -0.3 is 9.73 Å². The number of rotatable bonds is 3. The van der Waals surface area contributed by atoms with Crippen LogP contribution < -0.4 is 10.5 Å². The SMILES string of the molecule is NS(=O)(=O)c1ccc2c(c1)C(=Cc1cnc(-c3ccco3)s1)C(=O)N2. The minimum atomic E-state index is -3.85. The van der Waals surface area contributed by atoms with E-state index in [0.29, 0.717) is 27.6 Å². The van der Waals surface area contributed by atoms with Crippen molar-refractivity contribution in [2.45, 2.75) is 4.90 Å². The second-order valence-electron chi connectivity index (χ2n) is 5.31. The summed E-state index contributed by atoms with van der Waals surface area (Å²) in [5, 5.41) is 8.56. The van der Waals surface area contributed by atoms with Gasteiger partial charge in [-0.2, -0.15) is 0 Å². The number of benzene rings is 1. The van der Waals surface area contributed by atoms with Crippen LogP contribution in [0.5, 0.6) is 0 Å². The number of anilines is 1.